The molecule has 3 heteroatoms. The van der Waals surface area contributed by atoms with Gasteiger partial charge in [0.2, 0.25) is 0 Å². The van der Waals surface area contributed by atoms with E-state index in [2.05, 4.69) is 34.6 Å². The predicted octanol–water partition coefficient (Wildman–Crippen LogP) is 4.31. The molecule has 17 heavy (non-hydrogen) atoms. The average molecular weight is 246 g/mol. The van der Waals surface area contributed by atoms with E-state index < -0.39 is 0 Å². The molecule has 0 fully saturated rings. The van der Waals surface area contributed by atoms with Crippen LogP contribution in [-0.2, 0) is 14.5 Å². The molecule has 1 unspecified atom stereocenters. The Bertz CT molecular complexity index is 163. The van der Waals surface area contributed by atoms with Crippen molar-refractivity contribution >= 4 is 0 Å². The van der Waals surface area contributed by atoms with Gasteiger partial charge in [0.15, 0.2) is 6.29 Å². The fraction of sp³-hybridized carbons (Fsp3) is 1.00. The van der Waals surface area contributed by atoms with E-state index in [1.54, 1.807) is 0 Å². The van der Waals surface area contributed by atoms with Crippen LogP contribution in [0, 0.1) is 5.41 Å². The van der Waals surface area contributed by atoms with E-state index in [-0.39, 0.29) is 11.7 Å². The summed E-state index contributed by atoms with van der Waals surface area (Å²) in [6, 6.07) is 0. The van der Waals surface area contributed by atoms with Crippen LogP contribution >= 0.6 is 0 Å². The van der Waals surface area contributed by atoms with E-state index in [0.717, 1.165) is 25.9 Å². The Labute approximate surface area is 107 Å². The van der Waals surface area contributed by atoms with E-state index >= 15 is 0 Å². The van der Waals surface area contributed by atoms with Crippen molar-refractivity contribution in [3.63, 3.8) is 0 Å². The summed E-state index contributed by atoms with van der Waals surface area (Å²) in [5.41, 5.74) is -0.0570. The molecule has 0 aromatic heterocycles. The molecule has 0 aliphatic carbocycles. The summed E-state index contributed by atoms with van der Waals surface area (Å²) < 4.78 is 5.71. The van der Waals surface area contributed by atoms with Crippen molar-refractivity contribution in [1.82, 2.24) is 0 Å². The topological polar surface area (TPSA) is 27.7 Å². The Balaban J connectivity index is 3.78. The van der Waals surface area contributed by atoms with Crippen LogP contribution in [0.15, 0.2) is 0 Å². The molecule has 0 saturated heterocycles. The lowest BCUT2D eigenvalue weighted by Gasteiger charge is -2.29. The number of ether oxygens (including phenoxy) is 1. The molecule has 0 aromatic rings. The largest absolute Gasteiger partial charge is 0.349 e. The first-order valence-electron chi connectivity index (χ1n) is 6.92. The first-order valence-corrected chi connectivity index (χ1v) is 6.92. The number of unbranched alkanes of at least 4 members (excludes halogenated alkanes) is 3. The summed E-state index contributed by atoms with van der Waals surface area (Å²) in [5, 5.41) is 0. The molecule has 0 radical (unpaired) electrons. The lowest BCUT2D eigenvalue weighted by atomic mass is 9.96. The van der Waals surface area contributed by atoms with Crippen molar-refractivity contribution in [2.24, 2.45) is 5.41 Å². The van der Waals surface area contributed by atoms with Gasteiger partial charge in [0, 0.05) is 12.0 Å². The van der Waals surface area contributed by atoms with E-state index in [1.807, 2.05) is 0 Å². The second kappa shape index (κ2) is 9.86. The summed E-state index contributed by atoms with van der Waals surface area (Å²) in [7, 11) is 0. The third-order valence-corrected chi connectivity index (χ3v) is 2.46. The Morgan fingerprint density at radius 3 is 2.06 bits per heavy atom. The van der Waals surface area contributed by atoms with Crippen LogP contribution in [0.2, 0.25) is 0 Å². The molecular formula is C14H30O3. The average Bonchev–Trinajstić information content (AvgIpc) is 2.25. The molecular weight excluding hydrogens is 216 g/mol. The molecule has 0 aliphatic heterocycles. The van der Waals surface area contributed by atoms with Crippen molar-refractivity contribution < 1.29 is 14.5 Å². The minimum Gasteiger partial charge on any atom is -0.349 e. The van der Waals surface area contributed by atoms with Gasteiger partial charge in [-0.05, 0) is 12.8 Å². The highest BCUT2D eigenvalue weighted by molar-refractivity contribution is 4.65. The van der Waals surface area contributed by atoms with E-state index in [9.17, 15) is 0 Å². The van der Waals surface area contributed by atoms with Gasteiger partial charge in [-0.1, -0.05) is 53.9 Å². The maximum atomic E-state index is 5.71. The van der Waals surface area contributed by atoms with E-state index in [4.69, 9.17) is 14.5 Å². The zero-order valence-corrected chi connectivity index (χ0v) is 12.3. The van der Waals surface area contributed by atoms with Gasteiger partial charge in [0.1, 0.15) is 0 Å². The summed E-state index contributed by atoms with van der Waals surface area (Å²) in [5.74, 6) is 0. The first kappa shape index (κ1) is 16.9. The highest BCUT2D eigenvalue weighted by Crippen LogP contribution is 2.23. The summed E-state index contributed by atoms with van der Waals surface area (Å²) in [6.07, 6.45) is 5.33. The Morgan fingerprint density at radius 2 is 1.53 bits per heavy atom. The molecule has 0 spiro atoms. The number of hydrogen-bond acceptors (Lipinski definition) is 3. The zero-order valence-electron chi connectivity index (χ0n) is 12.3. The lowest BCUT2D eigenvalue weighted by Crippen LogP contribution is -2.32. The molecule has 3 nitrogen and oxygen atoms in total. The molecule has 0 rings (SSSR count). The summed E-state index contributed by atoms with van der Waals surface area (Å²) in [6.45, 7) is 12.0. The maximum Gasteiger partial charge on any atom is 0.196 e. The Hall–Kier alpha value is -0.120. The molecule has 1 atom stereocenters. The summed E-state index contributed by atoms with van der Waals surface area (Å²) in [4.78, 5) is 10.6. The van der Waals surface area contributed by atoms with Gasteiger partial charge in [-0.15, -0.1) is 0 Å². The standard InChI is InChI=1S/C14H30O3/c1-6-8-10-12-16-17-13(14(3,4)5)15-11-9-7-2/h13H,6-12H2,1-5H3. The Kier molecular flexibility index (Phi) is 9.79. The van der Waals surface area contributed by atoms with Crippen LogP contribution in [0.5, 0.6) is 0 Å². The molecule has 0 saturated carbocycles. The van der Waals surface area contributed by atoms with Crippen molar-refractivity contribution in [1.29, 1.82) is 0 Å². The van der Waals surface area contributed by atoms with E-state index in [1.165, 1.54) is 12.8 Å². The molecule has 104 valence electrons. The molecule has 0 bridgehead atoms. The van der Waals surface area contributed by atoms with Gasteiger partial charge in [-0.25, -0.2) is 9.78 Å². The predicted molar refractivity (Wildman–Crippen MR) is 70.7 cm³/mol. The fourth-order valence-corrected chi connectivity index (χ4v) is 1.28. The normalized spacial score (nSPS) is 13.9. The van der Waals surface area contributed by atoms with Crippen LogP contribution in [0.4, 0.5) is 0 Å². The monoisotopic (exact) mass is 246 g/mol. The quantitative estimate of drug-likeness (QED) is 0.249. The van der Waals surface area contributed by atoms with Crippen molar-refractivity contribution in [2.75, 3.05) is 13.2 Å². The van der Waals surface area contributed by atoms with Gasteiger partial charge in [-0.2, -0.15) is 0 Å². The van der Waals surface area contributed by atoms with Crippen LogP contribution in [0.3, 0.4) is 0 Å². The zero-order chi connectivity index (χ0) is 13.1. The van der Waals surface area contributed by atoms with Gasteiger partial charge >= 0.3 is 0 Å². The van der Waals surface area contributed by atoms with Crippen LogP contribution in [0.1, 0.15) is 66.7 Å². The van der Waals surface area contributed by atoms with Gasteiger partial charge in [0.25, 0.3) is 0 Å². The van der Waals surface area contributed by atoms with Crippen molar-refractivity contribution in [3.8, 4) is 0 Å². The van der Waals surface area contributed by atoms with Crippen LogP contribution < -0.4 is 0 Å². The van der Waals surface area contributed by atoms with E-state index in [0.29, 0.717) is 6.61 Å². The highest BCUT2D eigenvalue weighted by atomic mass is 17.2. The van der Waals surface area contributed by atoms with Crippen LogP contribution in [-0.4, -0.2) is 19.5 Å². The molecule has 0 aliphatic rings. The third kappa shape index (κ3) is 9.57. The minimum absolute atomic E-state index is 0.0570. The van der Waals surface area contributed by atoms with Crippen molar-refractivity contribution in [3.05, 3.63) is 0 Å². The van der Waals surface area contributed by atoms with Gasteiger partial charge < -0.3 is 4.74 Å². The minimum atomic E-state index is -0.282. The van der Waals surface area contributed by atoms with Crippen molar-refractivity contribution in [2.45, 2.75) is 73.0 Å². The molecule has 0 heterocycles. The van der Waals surface area contributed by atoms with Gasteiger partial charge in [-0.3, -0.25) is 0 Å². The Morgan fingerprint density at radius 1 is 0.882 bits per heavy atom. The second-order valence-corrected chi connectivity index (χ2v) is 5.55. The third-order valence-electron chi connectivity index (χ3n) is 2.46. The fourth-order valence-electron chi connectivity index (χ4n) is 1.28. The maximum absolute atomic E-state index is 5.71. The number of rotatable bonds is 10. The van der Waals surface area contributed by atoms with Crippen LogP contribution in [0.25, 0.3) is 0 Å². The summed E-state index contributed by atoms with van der Waals surface area (Å²) >= 11 is 0. The SMILES string of the molecule is CCCCCOOC(OCCCC)C(C)(C)C. The molecule has 0 aromatic carbocycles. The molecule has 0 N–H and O–H groups in total. The molecule has 0 amide bonds. The first-order chi connectivity index (χ1) is 8.02. The smallest absolute Gasteiger partial charge is 0.196 e. The number of hydrogen-bond donors (Lipinski definition) is 0. The van der Waals surface area contributed by atoms with Gasteiger partial charge in [0.05, 0.1) is 6.61 Å². The highest BCUT2D eigenvalue weighted by Gasteiger charge is 2.27. The lowest BCUT2D eigenvalue weighted by molar-refractivity contribution is -0.399. The second-order valence-electron chi connectivity index (χ2n) is 5.55.